The molecule has 0 saturated carbocycles. The van der Waals surface area contributed by atoms with Crippen molar-refractivity contribution in [3.05, 3.63) is 180 Å². The van der Waals surface area contributed by atoms with E-state index in [1.54, 1.807) is 0 Å². The van der Waals surface area contributed by atoms with Gasteiger partial charge in [0.25, 0.3) is 0 Å². The first kappa shape index (κ1) is 23.1. The lowest BCUT2D eigenvalue weighted by molar-refractivity contribution is 0.483. The van der Waals surface area contributed by atoms with Crippen LogP contribution in [0.25, 0.3) is 11.1 Å². The van der Waals surface area contributed by atoms with Gasteiger partial charge in [-0.25, -0.2) is 0 Å². The molecule has 1 aliphatic rings. The predicted octanol–water partition coefficient (Wildman–Crippen LogP) is 9.59. The molecule has 2 nitrogen and oxygen atoms in total. The Balaban J connectivity index is 1.29. The standard InChI is InChI=1S/C37H27NO/c1-3-12-27(13-4-1)37(35-20-9-7-18-33(35)34-19-8-10-21-36(34)37)28-14-11-15-30(26-28)38-29-22-24-32(25-23-29)39-31-16-5-2-6-17-31/h1-26,38H. The normalized spacial score (nSPS) is 12.8. The van der Waals surface area contributed by atoms with Gasteiger partial charge in [0.15, 0.2) is 0 Å². The summed E-state index contributed by atoms with van der Waals surface area (Å²) in [4.78, 5) is 0. The Morgan fingerprint density at radius 3 is 1.62 bits per heavy atom. The van der Waals surface area contributed by atoms with Crippen molar-refractivity contribution in [2.24, 2.45) is 0 Å². The van der Waals surface area contributed by atoms with Crippen LogP contribution in [0.4, 0.5) is 11.4 Å². The minimum atomic E-state index is -0.403. The first-order chi connectivity index (χ1) is 19.3. The molecule has 0 radical (unpaired) electrons. The van der Waals surface area contributed by atoms with E-state index >= 15 is 0 Å². The monoisotopic (exact) mass is 501 g/mol. The van der Waals surface area contributed by atoms with Crippen molar-refractivity contribution in [3.63, 3.8) is 0 Å². The van der Waals surface area contributed by atoms with Crippen LogP contribution in [-0.4, -0.2) is 0 Å². The minimum absolute atomic E-state index is 0.403. The highest BCUT2D eigenvalue weighted by atomic mass is 16.5. The Hall–Kier alpha value is -5.08. The third-order valence-corrected chi connectivity index (χ3v) is 7.58. The molecular formula is C37H27NO. The fraction of sp³-hybridized carbons (Fsp3) is 0.0270. The molecule has 1 N–H and O–H groups in total. The van der Waals surface area contributed by atoms with E-state index in [2.05, 4.69) is 121 Å². The number of rotatable bonds is 6. The van der Waals surface area contributed by atoms with Gasteiger partial charge < -0.3 is 10.1 Å². The second-order valence-corrected chi connectivity index (χ2v) is 9.85. The van der Waals surface area contributed by atoms with Gasteiger partial charge in [-0.2, -0.15) is 0 Å². The second kappa shape index (κ2) is 9.66. The van der Waals surface area contributed by atoms with E-state index in [1.165, 1.54) is 33.4 Å². The lowest BCUT2D eigenvalue weighted by Crippen LogP contribution is -2.28. The summed E-state index contributed by atoms with van der Waals surface area (Å²) in [5, 5.41) is 3.62. The summed E-state index contributed by atoms with van der Waals surface area (Å²) in [5.74, 6) is 1.64. The van der Waals surface area contributed by atoms with Crippen molar-refractivity contribution in [1.29, 1.82) is 0 Å². The van der Waals surface area contributed by atoms with Crippen LogP contribution in [0.5, 0.6) is 11.5 Å². The van der Waals surface area contributed by atoms with Crippen molar-refractivity contribution in [1.82, 2.24) is 0 Å². The fourth-order valence-corrected chi connectivity index (χ4v) is 5.94. The average Bonchev–Trinajstić information content (AvgIpc) is 3.31. The molecule has 0 aromatic heterocycles. The molecule has 0 atom stereocenters. The van der Waals surface area contributed by atoms with Crippen LogP contribution in [0.1, 0.15) is 22.3 Å². The topological polar surface area (TPSA) is 21.3 Å². The lowest BCUT2D eigenvalue weighted by atomic mass is 9.67. The summed E-state index contributed by atoms with van der Waals surface area (Å²) in [6.45, 7) is 0. The average molecular weight is 502 g/mol. The maximum Gasteiger partial charge on any atom is 0.127 e. The zero-order valence-electron chi connectivity index (χ0n) is 21.4. The number of hydrogen-bond acceptors (Lipinski definition) is 2. The number of nitrogens with one attached hydrogen (secondary N) is 1. The van der Waals surface area contributed by atoms with Gasteiger partial charge in [0, 0.05) is 11.4 Å². The number of benzene rings is 6. The molecule has 186 valence electrons. The molecule has 0 fully saturated rings. The summed E-state index contributed by atoms with van der Waals surface area (Å²) in [6.07, 6.45) is 0. The lowest BCUT2D eigenvalue weighted by Gasteiger charge is -2.34. The van der Waals surface area contributed by atoms with Crippen LogP contribution in [0.3, 0.4) is 0 Å². The van der Waals surface area contributed by atoms with Gasteiger partial charge in [-0.3, -0.25) is 0 Å². The smallest absolute Gasteiger partial charge is 0.127 e. The van der Waals surface area contributed by atoms with Gasteiger partial charge in [-0.15, -0.1) is 0 Å². The van der Waals surface area contributed by atoms with E-state index in [-0.39, 0.29) is 0 Å². The third kappa shape index (κ3) is 3.98. The van der Waals surface area contributed by atoms with E-state index < -0.39 is 5.41 Å². The Bertz CT molecular complexity index is 1700. The Kier molecular flexibility index (Phi) is 5.71. The summed E-state index contributed by atoms with van der Waals surface area (Å²) in [6, 6.07) is 55.3. The minimum Gasteiger partial charge on any atom is -0.457 e. The van der Waals surface area contributed by atoms with E-state index in [0.29, 0.717) is 0 Å². The summed E-state index contributed by atoms with van der Waals surface area (Å²) in [7, 11) is 0. The van der Waals surface area contributed by atoms with Crippen LogP contribution in [-0.2, 0) is 5.41 Å². The van der Waals surface area contributed by atoms with Crippen molar-refractivity contribution >= 4 is 11.4 Å². The molecule has 6 aromatic rings. The van der Waals surface area contributed by atoms with Gasteiger partial charge in [0.1, 0.15) is 11.5 Å². The second-order valence-electron chi connectivity index (χ2n) is 9.85. The first-order valence-corrected chi connectivity index (χ1v) is 13.3. The van der Waals surface area contributed by atoms with Crippen molar-refractivity contribution in [2.45, 2.75) is 5.41 Å². The highest BCUT2D eigenvalue weighted by Gasteiger charge is 2.45. The highest BCUT2D eigenvalue weighted by molar-refractivity contribution is 5.86. The molecular weight excluding hydrogens is 474 g/mol. The van der Waals surface area contributed by atoms with Crippen LogP contribution in [0.2, 0.25) is 0 Å². The number of anilines is 2. The SMILES string of the molecule is c1ccc(Oc2ccc(Nc3cccc(C4(c5ccccc5)c5ccccc5-c5ccccc54)c3)cc2)cc1. The molecule has 39 heavy (non-hydrogen) atoms. The molecule has 0 aliphatic heterocycles. The largest absolute Gasteiger partial charge is 0.457 e. The van der Waals surface area contributed by atoms with Gasteiger partial charge in [0.05, 0.1) is 5.41 Å². The zero-order chi connectivity index (χ0) is 26.1. The van der Waals surface area contributed by atoms with Crippen LogP contribution >= 0.6 is 0 Å². The van der Waals surface area contributed by atoms with Crippen LogP contribution in [0.15, 0.2) is 158 Å². The zero-order valence-corrected chi connectivity index (χ0v) is 21.4. The first-order valence-electron chi connectivity index (χ1n) is 13.3. The van der Waals surface area contributed by atoms with E-state index in [1.807, 2.05) is 42.5 Å². The fourth-order valence-electron chi connectivity index (χ4n) is 5.94. The summed E-state index contributed by atoms with van der Waals surface area (Å²) < 4.78 is 5.97. The molecule has 0 saturated heterocycles. The molecule has 0 unspecified atom stereocenters. The summed E-state index contributed by atoms with van der Waals surface area (Å²) >= 11 is 0. The maximum atomic E-state index is 5.97. The number of ether oxygens (including phenoxy) is 1. The van der Waals surface area contributed by atoms with Gasteiger partial charge in [0.2, 0.25) is 0 Å². The molecule has 0 heterocycles. The third-order valence-electron chi connectivity index (χ3n) is 7.58. The molecule has 0 bridgehead atoms. The van der Waals surface area contributed by atoms with E-state index in [4.69, 9.17) is 4.74 Å². The van der Waals surface area contributed by atoms with Crippen molar-refractivity contribution < 1.29 is 4.74 Å². The van der Waals surface area contributed by atoms with E-state index in [9.17, 15) is 0 Å². The van der Waals surface area contributed by atoms with Crippen molar-refractivity contribution in [3.8, 4) is 22.6 Å². The predicted molar refractivity (Wildman–Crippen MR) is 160 cm³/mol. The number of para-hydroxylation sites is 1. The Morgan fingerprint density at radius 1 is 0.410 bits per heavy atom. The van der Waals surface area contributed by atoms with Gasteiger partial charge >= 0.3 is 0 Å². The highest BCUT2D eigenvalue weighted by Crippen LogP contribution is 2.56. The quantitative estimate of drug-likeness (QED) is 0.245. The number of hydrogen-bond donors (Lipinski definition) is 1. The van der Waals surface area contributed by atoms with Gasteiger partial charge in [-0.1, -0.05) is 109 Å². The van der Waals surface area contributed by atoms with Crippen LogP contribution < -0.4 is 10.1 Å². The molecule has 0 amide bonds. The van der Waals surface area contributed by atoms with Crippen molar-refractivity contribution in [2.75, 3.05) is 5.32 Å². The number of fused-ring (bicyclic) bond motifs is 3. The van der Waals surface area contributed by atoms with E-state index in [0.717, 1.165) is 22.9 Å². The maximum absolute atomic E-state index is 5.97. The Morgan fingerprint density at radius 2 is 0.949 bits per heavy atom. The molecule has 6 aromatic carbocycles. The molecule has 7 rings (SSSR count). The van der Waals surface area contributed by atoms with Gasteiger partial charge in [-0.05, 0) is 81.9 Å². The summed E-state index contributed by atoms with van der Waals surface area (Å²) in [5.41, 5.74) is 9.37. The van der Waals surface area contributed by atoms with Crippen LogP contribution in [0, 0.1) is 0 Å². The Labute approximate surface area is 229 Å². The molecule has 0 spiro atoms. The molecule has 1 aliphatic carbocycles. The molecule has 2 heteroatoms.